The quantitative estimate of drug-likeness (QED) is 0.867. The molecule has 0 aromatic carbocycles. The highest BCUT2D eigenvalue weighted by Gasteiger charge is 2.36. The Morgan fingerprint density at radius 3 is 2.83 bits per heavy atom. The van der Waals surface area contributed by atoms with E-state index in [2.05, 4.69) is 23.8 Å². The van der Waals surface area contributed by atoms with Crippen molar-refractivity contribution in [1.29, 1.82) is 0 Å². The van der Waals surface area contributed by atoms with Gasteiger partial charge in [0.15, 0.2) is 0 Å². The van der Waals surface area contributed by atoms with Crippen molar-refractivity contribution < 1.29 is 9.50 Å². The highest BCUT2D eigenvalue weighted by atomic mass is 19.1. The second-order valence-corrected chi connectivity index (χ2v) is 8.07. The third-order valence-electron chi connectivity index (χ3n) is 5.88. The van der Waals surface area contributed by atoms with Crippen LogP contribution in [0, 0.1) is 17.3 Å². The number of hydrogen-bond acceptors (Lipinski definition) is 3. The SMILES string of the molecule is CC1(C)CCC(C(O)CC2c3nc(F)ccc3-c3cncn32)CC1. The molecule has 0 amide bonds. The molecular weight excluding hydrogens is 305 g/mol. The number of hydrogen-bond donors (Lipinski definition) is 1. The van der Waals surface area contributed by atoms with Crippen molar-refractivity contribution in [3.8, 4) is 11.3 Å². The Bertz CT molecular complexity index is 745. The normalized spacial score (nSPS) is 23.8. The minimum absolute atomic E-state index is 0.127. The summed E-state index contributed by atoms with van der Waals surface area (Å²) in [6, 6.07) is 3.02. The van der Waals surface area contributed by atoms with Crippen molar-refractivity contribution in [3.05, 3.63) is 36.3 Å². The zero-order valence-electron chi connectivity index (χ0n) is 14.2. The Morgan fingerprint density at radius 1 is 1.33 bits per heavy atom. The molecule has 5 heteroatoms. The smallest absolute Gasteiger partial charge is 0.213 e. The van der Waals surface area contributed by atoms with Gasteiger partial charge in [-0.05, 0) is 49.1 Å². The molecule has 128 valence electrons. The minimum atomic E-state index is -0.466. The van der Waals surface area contributed by atoms with Crippen LogP contribution in [0.2, 0.25) is 0 Å². The molecule has 2 aliphatic rings. The number of aliphatic hydroxyl groups excluding tert-OH is 1. The summed E-state index contributed by atoms with van der Waals surface area (Å²) in [7, 11) is 0. The maximum Gasteiger partial charge on any atom is 0.213 e. The summed E-state index contributed by atoms with van der Waals surface area (Å²) in [5, 5.41) is 10.8. The van der Waals surface area contributed by atoms with Crippen molar-refractivity contribution in [2.75, 3.05) is 0 Å². The van der Waals surface area contributed by atoms with Gasteiger partial charge in [-0.15, -0.1) is 0 Å². The van der Waals surface area contributed by atoms with Crippen LogP contribution in [-0.2, 0) is 0 Å². The van der Waals surface area contributed by atoms with E-state index in [4.69, 9.17) is 0 Å². The lowest BCUT2D eigenvalue weighted by atomic mass is 9.71. The largest absolute Gasteiger partial charge is 0.393 e. The first-order valence-electron chi connectivity index (χ1n) is 8.81. The van der Waals surface area contributed by atoms with Gasteiger partial charge in [0.05, 0.1) is 36.1 Å². The zero-order chi connectivity index (χ0) is 16.9. The minimum Gasteiger partial charge on any atom is -0.393 e. The predicted molar refractivity (Wildman–Crippen MR) is 89.9 cm³/mol. The van der Waals surface area contributed by atoms with E-state index in [9.17, 15) is 9.50 Å². The Balaban J connectivity index is 1.56. The van der Waals surface area contributed by atoms with Crippen LogP contribution in [0.5, 0.6) is 0 Å². The van der Waals surface area contributed by atoms with Crippen LogP contribution < -0.4 is 0 Å². The van der Waals surface area contributed by atoms with Crippen molar-refractivity contribution in [1.82, 2.24) is 14.5 Å². The molecule has 3 heterocycles. The molecule has 1 aliphatic heterocycles. The molecule has 4 rings (SSSR count). The number of halogens is 1. The Kier molecular flexibility index (Phi) is 3.71. The molecule has 2 atom stereocenters. The second kappa shape index (κ2) is 5.66. The number of aliphatic hydroxyl groups is 1. The van der Waals surface area contributed by atoms with E-state index < -0.39 is 12.1 Å². The fourth-order valence-electron chi connectivity index (χ4n) is 4.27. The molecule has 1 fully saturated rings. The van der Waals surface area contributed by atoms with Crippen LogP contribution in [-0.4, -0.2) is 25.7 Å². The van der Waals surface area contributed by atoms with Gasteiger partial charge < -0.3 is 9.67 Å². The van der Waals surface area contributed by atoms with Gasteiger partial charge in [-0.2, -0.15) is 4.39 Å². The van der Waals surface area contributed by atoms with Gasteiger partial charge in [0.1, 0.15) is 0 Å². The summed E-state index contributed by atoms with van der Waals surface area (Å²) in [5.74, 6) is -0.144. The molecule has 1 aliphatic carbocycles. The molecule has 2 unspecified atom stereocenters. The number of pyridine rings is 1. The van der Waals surface area contributed by atoms with E-state index in [1.165, 1.54) is 6.07 Å². The molecule has 1 saturated carbocycles. The Labute approximate surface area is 141 Å². The summed E-state index contributed by atoms with van der Waals surface area (Å²) in [5.41, 5.74) is 3.00. The first-order valence-corrected chi connectivity index (χ1v) is 8.81. The van der Waals surface area contributed by atoms with E-state index >= 15 is 0 Å². The van der Waals surface area contributed by atoms with Crippen molar-refractivity contribution in [3.63, 3.8) is 0 Å². The molecule has 0 radical (unpaired) electrons. The molecule has 24 heavy (non-hydrogen) atoms. The summed E-state index contributed by atoms with van der Waals surface area (Å²) < 4.78 is 15.7. The molecule has 0 spiro atoms. The molecule has 0 saturated heterocycles. The molecule has 2 aromatic rings. The van der Waals surface area contributed by atoms with Crippen LogP contribution >= 0.6 is 0 Å². The monoisotopic (exact) mass is 329 g/mol. The lowest BCUT2D eigenvalue weighted by molar-refractivity contribution is 0.0447. The van der Waals surface area contributed by atoms with Crippen molar-refractivity contribution in [2.45, 2.75) is 58.1 Å². The maximum absolute atomic E-state index is 13.6. The van der Waals surface area contributed by atoms with Gasteiger partial charge in [-0.25, -0.2) is 9.97 Å². The first kappa shape index (κ1) is 15.8. The summed E-state index contributed by atoms with van der Waals surface area (Å²) in [6.45, 7) is 4.60. The average Bonchev–Trinajstić information content (AvgIpc) is 3.10. The van der Waals surface area contributed by atoms with Gasteiger partial charge in [0.25, 0.3) is 0 Å². The maximum atomic E-state index is 13.6. The van der Waals surface area contributed by atoms with E-state index in [-0.39, 0.29) is 6.04 Å². The third kappa shape index (κ3) is 2.65. The van der Waals surface area contributed by atoms with E-state index in [0.29, 0.717) is 17.8 Å². The van der Waals surface area contributed by atoms with Gasteiger partial charge in [0.2, 0.25) is 5.95 Å². The predicted octanol–water partition coefficient (Wildman–Crippen LogP) is 3.95. The van der Waals surface area contributed by atoms with Gasteiger partial charge in [-0.3, -0.25) is 0 Å². The van der Waals surface area contributed by atoms with Gasteiger partial charge >= 0.3 is 0 Å². The van der Waals surface area contributed by atoms with E-state index in [1.54, 1.807) is 18.6 Å². The zero-order valence-corrected chi connectivity index (χ0v) is 14.2. The highest BCUT2D eigenvalue weighted by molar-refractivity contribution is 5.66. The second-order valence-electron chi connectivity index (χ2n) is 8.07. The summed E-state index contributed by atoms with van der Waals surface area (Å²) in [4.78, 5) is 8.33. The number of rotatable bonds is 3. The molecular formula is C19H24FN3O. The summed E-state index contributed by atoms with van der Waals surface area (Å²) >= 11 is 0. The number of aromatic nitrogens is 3. The lowest BCUT2D eigenvalue weighted by Crippen LogP contribution is -2.30. The molecule has 0 bridgehead atoms. The summed E-state index contributed by atoms with van der Waals surface area (Å²) in [6.07, 6.45) is 8.14. The van der Waals surface area contributed by atoms with Crippen LogP contribution in [0.1, 0.15) is 57.7 Å². The Hall–Kier alpha value is -1.75. The van der Waals surface area contributed by atoms with E-state index in [1.807, 2.05) is 4.57 Å². The van der Waals surface area contributed by atoms with Crippen LogP contribution in [0.3, 0.4) is 0 Å². The lowest BCUT2D eigenvalue weighted by Gasteiger charge is -2.37. The number of fused-ring (bicyclic) bond motifs is 3. The van der Waals surface area contributed by atoms with Crippen molar-refractivity contribution in [2.24, 2.45) is 11.3 Å². The van der Waals surface area contributed by atoms with Crippen LogP contribution in [0.25, 0.3) is 11.3 Å². The van der Waals surface area contributed by atoms with Gasteiger partial charge in [-0.1, -0.05) is 13.8 Å². The standard InChI is InChI=1S/C19H24FN3O/c1-19(2)7-5-12(6-8-19)16(24)9-14-18-13(3-4-17(20)22-18)15-10-21-11-23(14)15/h3-4,10-12,14,16,24H,5-9H2,1-2H3. The van der Waals surface area contributed by atoms with Crippen LogP contribution in [0.4, 0.5) is 4.39 Å². The number of imidazole rings is 1. The topological polar surface area (TPSA) is 50.9 Å². The Morgan fingerprint density at radius 2 is 2.08 bits per heavy atom. The van der Waals surface area contributed by atoms with Crippen molar-refractivity contribution >= 4 is 0 Å². The molecule has 4 nitrogen and oxygen atoms in total. The van der Waals surface area contributed by atoms with Gasteiger partial charge in [0, 0.05) is 12.0 Å². The first-order chi connectivity index (χ1) is 11.4. The third-order valence-corrected chi connectivity index (χ3v) is 5.88. The van der Waals surface area contributed by atoms with Crippen LogP contribution in [0.15, 0.2) is 24.7 Å². The highest BCUT2D eigenvalue weighted by Crippen LogP contribution is 2.44. The fraction of sp³-hybridized carbons (Fsp3) is 0.579. The molecule has 1 N–H and O–H groups in total. The average molecular weight is 329 g/mol. The molecule has 2 aromatic heterocycles. The number of nitrogens with zero attached hydrogens (tertiary/aromatic N) is 3. The van der Waals surface area contributed by atoms with E-state index in [0.717, 1.165) is 42.6 Å². The fourth-order valence-corrected chi connectivity index (χ4v) is 4.27.